The van der Waals surface area contributed by atoms with E-state index in [1.165, 1.54) is 5.56 Å². The van der Waals surface area contributed by atoms with E-state index < -0.39 is 0 Å². The molecular weight excluding hydrogens is 416 g/mol. The molecule has 0 spiro atoms. The molecule has 2 aliphatic rings. The minimum absolute atomic E-state index is 0.172. The summed E-state index contributed by atoms with van der Waals surface area (Å²) in [6, 6.07) is 21.1. The summed E-state index contributed by atoms with van der Waals surface area (Å²) in [5.74, 6) is 1.07. The maximum atomic E-state index is 13.1. The molecule has 5 rings (SSSR count). The van der Waals surface area contributed by atoms with E-state index in [0.29, 0.717) is 34.0 Å². The zero-order valence-corrected chi connectivity index (χ0v) is 18.3. The highest BCUT2D eigenvalue weighted by molar-refractivity contribution is 6.37. The lowest BCUT2D eigenvalue weighted by Gasteiger charge is -2.16. The van der Waals surface area contributed by atoms with Crippen LogP contribution in [0.1, 0.15) is 22.3 Å². The number of ether oxygens (including phenoxy) is 2. The van der Waals surface area contributed by atoms with E-state index in [1.807, 2.05) is 44.4 Å². The van der Waals surface area contributed by atoms with Crippen molar-refractivity contribution in [2.75, 3.05) is 31.5 Å². The quantitative estimate of drug-likeness (QED) is 0.578. The predicted molar refractivity (Wildman–Crippen MR) is 127 cm³/mol. The molecule has 2 aliphatic heterocycles. The monoisotopic (exact) mass is 438 g/mol. The number of nitrogens with zero attached hydrogens (tertiary/aromatic N) is 2. The molecule has 0 unspecified atom stereocenters. The number of amides is 1. The van der Waals surface area contributed by atoms with Gasteiger partial charge in [-0.25, -0.2) is 0 Å². The first-order valence-corrected chi connectivity index (χ1v) is 10.5. The Morgan fingerprint density at radius 2 is 1.85 bits per heavy atom. The second-order valence-corrected chi connectivity index (χ2v) is 8.20. The van der Waals surface area contributed by atoms with Crippen LogP contribution in [-0.2, 0) is 11.3 Å². The van der Waals surface area contributed by atoms with Crippen molar-refractivity contribution in [1.82, 2.24) is 4.90 Å². The number of anilines is 2. The van der Waals surface area contributed by atoms with Gasteiger partial charge in [0.2, 0.25) is 6.79 Å². The van der Waals surface area contributed by atoms with Crippen molar-refractivity contribution >= 4 is 28.6 Å². The Hall–Kier alpha value is -4.28. The summed E-state index contributed by atoms with van der Waals surface area (Å²) in [6.45, 7) is 1.01. The Bertz CT molecular complexity index is 1320. The first kappa shape index (κ1) is 20.6. The highest BCUT2D eigenvalue weighted by Gasteiger charge is 2.29. The Balaban J connectivity index is 1.61. The van der Waals surface area contributed by atoms with Crippen LogP contribution in [0.25, 0.3) is 11.3 Å². The SMILES string of the molecule is CN(C)Cc1ccc(NC(=C2C(=O)Nc3cc(C#N)ccc32)c2ccc3c(c2)OCO3)cc1. The van der Waals surface area contributed by atoms with Crippen LogP contribution in [-0.4, -0.2) is 31.7 Å². The van der Waals surface area contributed by atoms with Gasteiger partial charge in [-0.1, -0.05) is 18.2 Å². The van der Waals surface area contributed by atoms with E-state index in [4.69, 9.17) is 9.47 Å². The van der Waals surface area contributed by atoms with Gasteiger partial charge in [0.15, 0.2) is 11.5 Å². The first-order chi connectivity index (χ1) is 16.0. The van der Waals surface area contributed by atoms with Crippen molar-refractivity contribution in [1.29, 1.82) is 5.26 Å². The van der Waals surface area contributed by atoms with Gasteiger partial charge in [-0.2, -0.15) is 5.26 Å². The highest BCUT2D eigenvalue weighted by Crippen LogP contribution is 2.40. The maximum Gasteiger partial charge on any atom is 0.258 e. The van der Waals surface area contributed by atoms with Gasteiger partial charge >= 0.3 is 0 Å². The molecule has 7 nitrogen and oxygen atoms in total. The summed E-state index contributed by atoms with van der Waals surface area (Å²) >= 11 is 0. The smallest absolute Gasteiger partial charge is 0.258 e. The van der Waals surface area contributed by atoms with Crippen LogP contribution >= 0.6 is 0 Å². The van der Waals surface area contributed by atoms with E-state index in [0.717, 1.165) is 23.4 Å². The van der Waals surface area contributed by atoms with Gasteiger partial charge in [0.1, 0.15) is 0 Å². The number of hydrogen-bond donors (Lipinski definition) is 2. The fraction of sp³-hybridized carbons (Fsp3) is 0.154. The van der Waals surface area contributed by atoms with Crippen molar-refractivity contribution in [3.8, 4) is 17.6 Å². The third kappa shape index (κ3) is 4.00. The van der Waals surface area contributed by atoms with E-state index in [2.05, 4.69) is 33.7 Å². The molecule has 1 amide bonds. The average Bonchev–Trinajstić information content (AvgIpc) is 3.40. The standard InChI is InChI=1S/C26H22N4O3/c1-30(2)14-16-3-7-19(8-4-16)28-25(18-6-10-22-23(12-18)33-15-32-22)24-20-9-5-17(13-27)11-21(20)29-26(24)31/h3-12,28H,14-15H2,1-2H3,(H,29,31). The third-order valence-corrected chi connectivity index (χ3v) is 5.53. The van der Waals surface area contributed by atoms with E-state index in [-0.39, 0.29) is 12.7 Å². The molecule has 0 fully saturated rings. The summed E-state index contributed by atoms with van der Waals surface area (Å²) in [5.41, 5.74) is 5.84. The number of fused-ring (bicyclic) bond motifs is 2. The number of carbonyl (C=O) groups is 1. The topological polar surface area (TPSA) is 86.6 Å². The normalized spacial score (nSPS) is 15.2. The van der Waals surface area contributed by atoms with Crippen molar-refractivity contribution in [3.05, 3.63) is 82.9 Å². The summed E-state index contributed by atoms with van der Waals surface area (Å²) in [4.78, 5) is 15.2. The molecule has 0 bridgehead atoms. The molecule has 2 heterocycles. The van der Waals surface area contributed by atoms with Gasteiger partial charge < -0.3 is 25.0 Å². The molecule has 164 valence electrons. The van der Waals surface area contributed by atoms with Crippen LogP contribution in [0.5, 0.6) is 11.5 Å². The van der Waals surface area contributed by atoms with Crippen molar-refractivity contribution in [2.45, 2.75) is 6.54 Å². The fourth-order valence-corrected chi connectivity index (χ4v) is 4.02. The number of nitriles is 1. The van der Waals surface area contributed by atoms with E-state index in [9.17, 15) is 10.1 Å². The number of carbonyl (C=O) groups excluding carboxylic acids is 1. The molecule has 2 N–H and O–H groups in total. The Morgan fingerprint density at radius 3 is 2.61 bits per heavy atom. The fourth-order valence-electron chi connectivity index (χ4n) is 4.02. The van der Waals surface area contributed by atoms with Crippen LogP contribution in [0.3, 0.4) is 0 Å². The van der Waals surface area contributed by atoms with E-state index >= 15 is 0 Å². The summed E-state index contributed by atoms with van der Waals surface area (Å²) in [7, 11) is 4.06. The summed E-state index contributed by atoms with van der Waals surface area (Å²) < 4.78 is 11.0. The van der Waals surface area contributed by atoms with Crippen molar-refractivity contribution in [3.63, 3.8) is 0 Å². The molecule has 0 saturated heterocycles. The minimum atomic E-state index is -0.232. The summed E-state index contributed by atoms with van der Waals surface area (Å²) in [5, 5.41) is 15.6. The minimum Gasteiger partial charge on any atom is -0.454 e. The van der Waals surface area contributed by atoms with Crippen LogP contribution < -0.4 is 20.1 Å². The lowest BCUT2D eigenvalue weighted by molar-refractivity contribution is -0.110. The second-order valence-electron chi connectivity index (χ2n) is 8.20. The van der Waals surface area contributed by atoms with Gasteiger partial charge in [-0.3, -0.25) is 4.79 Å². The first-order valence-electron chi connectivity index (χ1n) is 10.5. The molecule has 0 aliphatic carbocycles. The Labute approximate surface area is 191 Å². The van der Waals surface area contributed by atoms with Crippen LogP contribution in [0.2, 0.25) is 0 Å². The van der Waals surface area contributed by atoms with Gasteiger partial charge in [-0.05, 0) is 62.1 Å². The summed E-state index contributed by atoms with van der Waals surface area (Å²) in [6.07, 6.45) is 0. The zero-order chi connectivity index (χ0) is 22.9. The van der Waals surface area contributed by atoms with Gasteiger partial charge in [0.05, 0.1) is 28.6 Å². The van der Waals surface area contributed by atoms with Crippen LogP contribution in [0.4, 0.5) is 11.4 Å². The molecular formula is C26H22N4O3. The highest BCUT2D eigenvalue weighted by atomic mass is 16.7. The number of nitrogens with one attached hydrogen (secondary N) is 2. The largest absolute Gasteiger partial charge is 0.454 e. The second kappa shape index (κ2) is 8.34. The Morgan fingerprint density at radius 1 is 1.06 bits per heavy atom. The molecule has 0 saturated carbocycles. The number of hydrogen-bond acceptors (Lipinski definition) is 6. The van der Waals surface area contributed by atoms with Crippen LogP contribution in [0, 0.1) is 11.3 Å². The van der Waals surface area contributed by atoms with Crippen molar-refractivity contribution in [2.24, 2.45) is 0 Å². The van der Waals surface area contributed by atoms with Gasteiger partial charge in [0, 0.05) is 23.4 Å². The van der Waals surface area contributed by atoms with Gasteiger partial charge in [-0.15, -0.1) is 0 Å². The van der Waals surface area contributed by atoms with E-state index in [1.54, 1.807) is 18.2 Å². The maximum absolute atomic E-state index is 13.1. The number of rotatable bonds is 5. The molecule has 0 radical (unpaired) electrons. The molecule has 3 aromatic rings. The Kier molecular flexibility index (Phi) is 5.21. The molecule has 3 aromatic carbocycles. The van der Waals surface area contributed by atoms with Gasteiger partial charge in [0.25, 0.3) is 5.91 Å². The predicted octanol–water partition coefficient (Wildman–Crippen LogP) is 4.28. The zero-order valence-electron chi connectivity index (χ0n) is 18.3. The lowest BCUT2D eigenvalue weighted by atomic mass is 9.98. The molecule has 33 heavy (non-hydrogen) atoms. The third-order valence-electron chi connectivity index (χ3n) is 5.53. The number of benzene rings is 3. The van der Waals surface area contributed by atoms with Crippen LogP contribution in [0.15, 0.2) is 60.7 Å². The molecule has 7 heteroatoms. The van der Waals surface area contributed by atoms with Crippen molar-refractivity contribution < 1.29 is 14.3 Å². The molecule has 0 aromatic heterocycles. The molecule has 0 atom stereocenters. The lowest BCUT2D eigenvalue weighted by Crippen LogP contribution is -2.11. The average molecular weight is 438 g/mol.